The van der Waals surface area contributed by atoms with Gasteiger partial charge in [-0.2, -0.15) is 0 Å². The van der Waals surface area contributed by atoms with Gasteiger partial charge in [-0.05, 0) is 73.7 Å². The van der Waals surface area contributed by atoms with Gasteiger partial charge in [-0.1, -0.05) is 140 Å². The average molecular weight is 535 g/mol. The molecular formula is C41H26O. The quantitative estimate of drug-likeness (QED) is 0.219. The molecule has 0 fully saturated rings. The zero-order chi connectivity index (χ0) is 27.7. The highest BCUT2D eigenvalue weighted by Crippen LogP contribution is 2.59. The number of ether oxygens (including phenoxy) is 1. The van der Waals surface area contributed by atoms with Gasteiger partial charge in [-0.15, -0.1) is 0 Å². The lowest BCUT2D eigenvalue weighted by Crippen LogP contribution is -2.29. The molecule has 42 heavy (non-hydrogen) atoms. The normalized spacial score (nSPS) is 13.6. The van der Waals surface area contributed by atoms with Gasteiger partial charge in [0.15, 0.2) is 0 Å². The molecule has 0 unspecified atom stereocenters. The number of hydrogen-bond acceptors (Lipinski definition) is 1. The fraction of sp³-hybridized carbons (Fsp3) is 0.0244. The van der Waals surface area contributed by atoms with Crippen molar-refractivity contribution in [2.24, 2.45) is 0 Å². The molecule has 196 valence electrons. The highest BCUT2D eigenvalue weighted by Gasteiger charge is 2.47. The van der Waals surface area contributed by atoms with Crippen LogP contribution in [0.5, 0.6) is 11.5 Å². The van der Waals surface area contributed by atoms with Crippen LogP contribution in [0.1, 0.15) is 22.3 Å². The molecule has 1 aliphatic heterocycles. The van der Waals surface area contributed by atoms with Crippen LogP contribution < -0.4 is 4.74 Å². The SMILES string of the molecule is c1ccc(C2(c3ccccc3)c3ccccc3-c3cccc(-c4cc5c6c(cccc6c4)-c4ccccc4O5)c32)cc1. The predicted molar refractivity (Wildman–Crippen MR) is 172 cm³/mol. The molecule has 1 heteroatoms. The predicted octanol–water partition coefficient (Wildman–Crippen LogP) is 10.6. The molecule has 0 bridgehead atoms. The molecular weight excluding hydrogens is 508 g/mol. The van der Waals surface area contributed by atoms with Crippen LogP contribution in [0.15, 0.2) is 158 Å². The van der Waals surface area contributed by atoms with Gasteiger partial charge in [0, 0.05) is 10.9 Å². The molecule has 0 amide bonds. The highest BCUT2D eigenvalue weighted by atomic mass is 16.5. The third kappa shape index (κ3) is 3.08. The number of benzene rings is 7. The van der Waals surface area contributed by atoms with Gasteiger partial charge in [-0.25, -0.2) is 0 Å². The van der Waals surface area contributed by atoms with Gasteiger partial charge < -0.3 is 4.74 Å². The van der Waals surface area contributed by atoms with Gasteiger partial charge >= 0.3 is 0 Å². The summed E-state index contributed by atoms with van der Waals surface area (Å²) < 4.78 is 6.61. The third-order valence-electron chi connectivity index (χ3n) is 9.12. The second-order valence-corrected chi connectivity index (χ2v) is 11.2. The van der Waals surface area contributed by atoms with Crippen LogP contribution in [-0.4, -0.2) is 0 Å². The van der Waals surface area contributed by atoms with E-state index in [0.717, 1.165) is 22.6 Å². The second kappa shape index (κ2) is 8.80. The minimum absolute atomic E-state index is 0.466. The Kier molecular flexibility index (Phi) is 4.88. The van der Waals surface area contributed by atoms with E-state index in [9.17, 15) is 0 Å². The van der Waals surface area contributed by atoms with E-state index in [4.69, 9.17) is 4.74 Å². The van der Waals surface area contributed by atoms with E-state index in [-0.39, 0.29) is 0 Å². The fourth-order valence-corrected chi connectivity index (χ4v) is 7.49. The van der Waals surface area contributed by atoms with Crippen molar-refractivity contribution in [3.63, 3.8) is 0 Å². The zero-order valence-electron chi connectivity index (χ0n) is 22.9. The lowest BCUT2D eigenvalue weighted by atomic mass is 9.66. The first kappa shape index (κ1) is 23.3. The van der Waals surface area contributed by atoms with Gasteiger partial charge in [0.1, 0.15) is 11.5 Å². The van der Waals surface area contributed by atoms with Crippen molar-refractivity contribution in [2.75, 3.05) is 0 Å². The first-order chi connectivity index (χ1) is 20.8. The van der Waals surface area contributed by atoms with Gasteiger partial charge in [0.25, 0.3) is 0 Å². The van der Waals surface area contributed by atoms with E-state index < -0.39 is 5.41 Å². The fourth-order valence-electron chi connectivity index (χ4n) is 7.49. The van der Waals surface area contributed by atoms with Crippen LogP contribution in [0.4, 0.5) is 0 Å². The van der Waals surface area contributed by atoms with E-state index in [0.29, 0.717) is 0 Å². The van der Waals surface area contributed by atoms with E-state index in [1.165, 1.54) is 55.3 Å². The van der Waals surface area contributed by atoms with E-state index in [1.807, 2.05) is 6.07 Å². The van der Waals surface area contributed by atoms with Crippen molar-refractivity contribution in [2.45, 2.75) is 5.41 Å². The highest BCUT2D eigenvalue weighted by molar-refractivity contribution is 6.06. The summed E-state index contributed by atoms with van der Waals surface area (Å²) in [5.74, 6) is 1.82. The smallest absolute Gasteiger partial charge is 0.136 e. The summed E-state index contributed by atoms with van der Waals surface area (Å²) in [6, 6.07) is 57.3. The first-order valence-corrected chi connectivity index (χ1v) is 14.5. The Morgan fingerprint density at radius 1 is 0.405 bits per heavy atom. The Morgan fingerprint density at radius 2 is 1.00 bits per heavy atom. The summed E-state index contributed by atoms with van der Waals surface area (Å²) in [4.78, 5) is 0. The third-order valence-corrected chi connectivity index (χ3v) is 9.12. The zero-order valence-corrected chi connectivity index (χ0v) is 22.9. The Bertz CT molecular complexity index is 2120. The van der Waals surface area contributed by atoms with Crippen LogP contribution in [0.25, 0.3) is 44.2 Å². The largest absolute Gasteiger partial charge is 0.456 e. The van der Waals surface area contributed by atoms with Crippen molar-refractivity contribution in [3.8, 4) is 44.9 Å². The summed E-state index contributed by atoms with van der Waals surface area (Å²) in [5, 5.41) is 2.36. The molecule has 1 aliphatic carbocycles. The molecule has 9 rings (SSSR count). The number of rotatable bonds is 3. The lowest BCUT2D eigenvalue weighted by Gasteiger charge is -2.35. The molecule has 2 aliphatic rings. The van der Waals surface area contributed by atoms with E-state index >= 15 is 0 Å². The standard InChI is InChI=1S/C41H26O/c1-3-14-29(15-4-1)41(30-16-5-2-6-17-30)36-23-9-7-18-32(36)35-22-12-20-31(40(35)41)28-25-27-13-11-21-34-33-19-8-10-24-37(33)42-38(26-28)39(27)34/h1-26H. The molecule has 0 aromatic heterocycles. The van der Waals surface area contributed by atoms with Crippen LogP contribution >= 0.6 is 0 Å². The number of hydrogen-bond donors (Lipinski definition) is 0. The molecule has 1 heterocycles. The van der Waals surface area contributed by atoms with Gasteiger partial charge in [-0.3, -0.25) is 0 Å². The second-order valence-electron chi connectivity index (χ2n) is 11.2. The Hall–Kier alpha value is -5.40. The maximum Gasteiger partial charge on any atom is 0.136 e. The molecule has 7 aromatic rings. The minimum atomic E-state index is -0.466. The monoisotopic (exact) mass is 534 g/mol. The van der Waals surface area contributed by atoms with Crippen molar-refractivity contribution < 1.29 is 4.74 Å². The molecule has 1 nitrogen and oxygen atoms in total. The summed E-state index contributed by atoms with van der Waals surface area (Å²) >= 11 is 0. The summed E-state index contributed by atoms with van der Waals surface area (Å²) in [7, 11) is 0. The van der Waals surface area contributed by atoms with Crippen molar-refractivity contribution in [1.29, 1.82) is 0 Å². The van der Waals surface area contributed by atoms with Gasteiger partial charge in [0.05, 0.1) is 5.41 Å². The Labute approximate surface area is 245 Å². The Morgan fingerprint density at radius 3 is 1.79 bits per heavy atom. The van der Waals surface area contributed by atoms with Crippen LogP contribution in [0.3, 0.4) is 0 Å². The molecule has 0 saturated carbocycles. The average Bonchev–Trinajstić information content (AvgIpc) is 3.37. The molecule has 0 saturated heterocycles. The van der Waals surface area contributed by atoms with E-state index in [2.05, 4.69) is 152 Å². The minimum Gasteiger partial charge on any atom is -0.456 e. The summed E-state index contributed by atoms with van der Waals surface area (Å²) in [5.41, 5.74) is 12.0. The van der Waals surface area contributed by atoms with Crippen LogP contribution in [0, 0.1) is 0 Å². The maximum atomic E-state index is 6.61. The van der Waals surface area contributed by atoms with Crippen molar-refractivity contribution in [1.82, 2.24) is 0 Å². The molecule has 0 spiro atoms. The van der Waals surface area contributed by atoms with Gasteiger partial charge in [0.2, 0.25) is 0 Å². The van der Waals surface area contributed by atoms with Crippen molar-refractivity contribution >= 4 is 10.8 Å². The molecule has 0 radical (unpaired) electrons. The number of para-hydroxylation sites is 1. The Balaban J connectivity index is 1.39. The van der Waals surface area contributed by atoms with Crippen LogP contribution in [0.2, 0.25) is 0 Å². The molecule has 0 atom stereocenters. The van der Waals surface area contributed by atoms with Crippen molar-refractivity contribution in [3.05, 3.63) is 180 Å². The summed E-state index contributed by atoms with van der Waals surface area (Å²) in [6.45, 7) is 0. The molecule has 7 aromatic carbocycles. The first-order valence-electron chi connectivity index (χ1n) is 14.5. The lowest BCUT2D eigenvalue weighted by molar-refractivity contribution is 0.487. The van der Waals surface area contributed by atoms with Crippen LogP contribution in [-0.2, 0) is 5.41 Å². The number of fused-ring (bicyclic) bond motifs is 5. The summed E-state index contributed by atoms with van der Waals surface area (Å²) in [6.07, 6.45) is 0. The maximum absolute atomic E-state index is 6.61. The topological polar surface area (TPSA) is 9.23 Å². The van der Waals surface area contributed by atoms with E-state index in [1.54, 1.807) is 0 Å². The molecule has 0 N–H and O–H groups in total.